The van der Waals surface area contributed by atoms with Gasteiger partial charge >= 0.3 is 0 Å². The van der Waals surface area contributed by atoms with Crippen LogP contribution in [0, 0.1) is 0 Å². The van der Waals surface area contributed by atoms with Crippen LogP contribution >= 0.6 is 27.5 Å². The molecular weight excluding hydrogens is 402 g/mol. The van der Waals surface area contributed by atoms with Crippen molar-refractivity contribution in [1.29, 1.82) is 0 Å². The number of nitrogens with zero attached hydrogens (tertiary/aromatic N) is 1. The molecule has 0 bridgehead atoms. The van der Waals surface area contributed by atoms with Crippen LogP contribution in [-0.2, 0) is 0 Å². The van der Waals surface area contributed by atoms with E-state index >= 15 is 0 Å². The molecule has 4 nitrogen and oxygen atoms in total. The Morgan fingerprint density at radius 1 is 1.24 bits per heavy atom. The van der Waals surface area contributed by atoms with Crippen LogP contribution in [0.4, 0.5) is 5.69 Å². The third-order valence-corrected chi connectivity index (χ3v) is 3.98. The molecule has 25 heavy (non-hydrogen) atoms. The molecule has 0 saturated carbocycles. The topological polar surface area (TPSA) is 53.5 Å². The molecule has 6 heteroatoms. The van der Waals surface area contributed by atoms with E-state index in [2.05, 4.69) is 38.1 Å². The highest BCUT2D eigenvalue weighted by Crippen LogP contribution is 2.20. The minimum Gasteiger partial charge on any atom is -0.364 e. The highest BCUT2D eigenvalue weighted by Gasteiger charge is 2.10. The van der Waals surface area contributed by atoms with Crippen LogP contribution < -0.4 is 10.6 Å². The molecule has 2 aromatic carbocycles. The van der Waals surface area contributed by atoms with Gasteiger partial charge in [0.25, 0.3) is 5.91 Å². The standard InChI is InChI=1S/C19H19BrClN3O/c1-12(22-14(3)23-13(2)21)15-6-5-9-18(11-15)24-19(25)16-7-4-8-17(20)10-16/h4-12,22H,3H2,1-2H3,(H,24,25). The summed E-state index contributed by atoms with van der Waals surface area (Å²) in [5.74, 6) is 0.328. The molecule has 2 aromatic rings. The van der Waals surface area contributed by atoms with Crippen molar-refractivity contribution in [2.45, 2.75) is 19.9 Å². The first-order chi connectivity index (χ1) is 11.8. The number of amides is 1. The van der Waals surface area contributed by atoms with Crippen LogP contribution in [0.5, 0.6) is 0 Å². The average molecular weight is 421 g/mol. The van der Waals surface area contributed by atoms with Crippen molar-refractivity contribution >= 4 is 44.3 Å². The van der Waals surface area contributed by atoms with Gasteiger partial charge in [-0.15, -0.1) is 0 Å². The van der Waals surface area contributed by atoms with E-state index in [9.17, 15) is 4.79 Å². The number of carbonyl (C=O) groups excluding carboxylic acids is 1. The molecule has 0 heterocycles. The first-order valence-corrected chi connectivity index (χ1v) is 8.85. The van der Waals surface area contributed by atoms with Crippen molar-refractivity contribution in [3.63, 3.8) is 0 Å². The molecule has 2 rings (SSSR count). The Hall–Kier alpha value is -2.11. The predicted octanol–water partition coefficient (Wildman–Crippen LogP) is 5.48. The van der Waals surface area contributed by atoms with Gasteiger partial charge in [-0.25, -0.2) is 4.99 Å². The summed E-state index contributed by atoms with van der Waals surface area (Å²) in [4.78, 5) is 16.4. The molecular formula is C19H19BrClN3O. The van der Waals surface area contributed by atoms with Gasteiger partial charge in [0.1, 0.15) is 11.0 Å². The number of benzene rings is 2. The average Bonchev–Trinajstić information content (AvgIpc) is 2.54. The molecule has 0 fully saturated rings. The Morgan fingerprint density at radius 2 is 1.96 bits per heavy atom. The second-order valence-electron chi connectivity index (χ2n) is 5.51. The molecule has 1 unspecified atom stereocenters. The van der Waals surface area contributed by atoms with E-state index in [1.54, 1.807) is 19.1 Å². The summed E-state index contributed by atoms with van der Waals surface area (Å²) in [7, 11) is 0. The molecule has 2 N–H and O–H groups in total. The van der Waals surface area contributed by atoms with E-state index < -0.39 is 0 Å². The van der Waals surface area contributed by atoms with E-state index in [0.29, 0.717) is 16.6 Å². The summed E-state index contributed by atoms with van der Waals surface area (Å²) in [5, 5.41) is 6.49. The Balaban J connectivity index is 2.09. The van der Waals surface area contributed by atoms with Crippen molar-refractivity contribution in [3.05, 3.63) is 76.5 Å². The second-order valence-corrected chi connectivity index (χ2v) is 6.97. The zero-order chi connectivity index (χ0) is 18.4. The second kappa shape index (κ2) is 8.83. The van der Waals surface area contributed by atoms with E-state index in [1.165, 1.54) is 0 Å². The Bertz CT molecular complexity index is 816. The minimum atomic E-state index is -0.161. The first-order valence-electron chi connectivity index (χ1n) is 7.68. The maximum absolute atomic E-state index is 12.4. The third kappa shape index (κ3) is 6.03. The summed E-state index contributed by atoms with van der Waals surface area (Å²) in [6, 6.07) is 14.8. The lowest BCUT2D eigenvalue weighted by molar-refractivity contribution is 0.102. The zero-order valence-electron chi connectivity index (χ0n) is 14.0. The fourth-order valence-electron chi connectivity index (χ4n) is 2.27. The third-order valence-electron chi connectivity index (χ3n) is 3.40. The SMILES string of the molecule is C=C(N=C(C)Cl)NC(C)c1cccc(NC(=O)c2cccc(Br)c2)c1. The van der Waals surface area contributed by atoms with Crippen LogP contribution in [0.2, 0.25) is 0 Å². The Labute approximate surface area is 161 Å². The molecule has 0 spiro atoms. The van der Waals surface area contributed by atoms with Crippen molar-refractivity contribution in [2.24, 2.45) is 4.99 Å². The van der Waals surface area contributed by atoms with Gasteiger partial charge in [-0.1, -0.05) is 52.3 Å². The molecule has 0 aliphatic heterocycles. The molecule has 0 aromatic heterocycles. The van der Waals surface area contributed by atoms with Crippen molar-refractivity contribution < 1.29 is 4.79 Å². The molecule has 1 atom stereocenters. The summed E-state index contributed by atoms with van der Waals surface area (Å²) >= 11 is 9.12. The number of carbonyl (C=O) groups is 1. The van der Waals surface area contributed by atoms with Gasteiger partial charge in [0.05, 0.1) is 0 Å². The fourth-order valence-corrected chi connectivity index (χ4v) is 2.77. The molecule has 0 aliphatic carbocycles. The number of nitrogens with one attached hydrogen (secondary N) is 2. The Morgan fingerprint density at radius 3 is 2.64 bits per heavy atom. The minimum absolute atomic E-state index is 0.0324. The molecule has 0 aliphatic rings. The van der Waals surface area contributed by atoms with E-state index in [1.807, 2.05) is 43.3 Å². The number of anilines is 1. The summed E-state index contributed by atoms with van der Waals surface area (Å²) < 4.78 is 0.861. The van der Waals surface area contributed by atoms with Gasteiger partial charge in [0, 0.05) is 21.8 Å². The van der Waals surface area contributed by atoms with E-state index in [4.69, 9.17) is 11.6 Å². The normalized spacial score (nSPS) is 12.4. The lowest BCUT2D eigenvalue weighted by Crippen LogP contribution is -2.17. The smallest absolute Gasteiger partial charge is 0.255 e. The number of hydrogen-bond acceptors (Lipinski definition) is 3. The maximum Gasteiger partial charge on any atom is 0.255 e. The highest BCUT2D eigenvalue weighted by molar-refractivity contribution is 9.10. The number of aliphatic imine (C=N–C) groups is 1. The van der Waals surface area contributed by atoms with Crippen LogP contribution in [-0.4, -0.2) is 11.1 Å². The number of halogens is 2. The van der Waals surface area contributed by atoms with Gasteiger partial charge < -0.3 is 10.6 Å². The van der Waals surface area contributed by atoms with Gasteiger partial charge in [0.15, 0.2) is 0 Å². The van der Waals surface area contributed by atoms with Crippen molar-refractivity contribution in [2.75, 3.05) is 5.32 Å². The monoisotopic (exact) mass is 419 g/mol. The van der Waals surface area contributed by atoms with Crippen LogP contribution in [0.3, 0.4) is 0 Å². The predicted molar refractivity (Wildman–Crippen MR) is 108 cm³/mol. The zero-order valence-corrected chi connectivity index (χ0v) is 16.4. The largest absolute Gasteiger partial charge is 0.364 e. The van der Waals surface area contributed by atoms with Crippen LogP contribution in [0.25, 0.3) is 0 Å². The van der Waals surface area contributed by atoms with Crippen LogP contribution in [0.15, 0.2) is 70.4 Å². The number of rotatable bonds is 6. The Kier molecular flexibility index (Phi) is 6.79. The summed E-state index contributed by atoms with van der Waals surface area (Å²) in [6.07, 6.45) is 0. The summed E-state index contributed by atoms with van der Waals surface area (Å²) in [6.45, 7) is 7.50. The van der Waals surface area contributed by atoms with Gasteiger partial charge in [0.2, 0.25) is 0 Å². The lowest BCUT2D eigenvalue weighted by Gasteiger charge is -2.16. The molecule has 0 radical (unpaired) electrons. The maximum atomic E-state index is 12.4. The van der Waals surface area contributed by atoms with E-state index in [0.717, 1.165) is 15.7 Å². The summed E-state index contributed by atoms with van der Waals surface area (Å²) in [5.41, 5.74) is 2.31. The van der Waals surface area contributed by atoms with Gasteiger partial charge in [-0.05, 0) is 49.7 Å². The highest BCUT2D eigenvalue weighted by atomic mass is 79.9. The van der Waals surface area contributed by atoms with Gasteiger partial charge in [-0.3, -0.25) is 4.79 Å². The van der Waals surface area contributed by atoms with Crippen LogP contribution in [0.1, 0.15) is 35.8 Å². The fraction of sp³-hybridized carbons (Fsp3) is 0.158. The quantitative estimate of drug-likeness (QED) is 0.608. The first kappa shape index (κ1) is 19.2. The number of hydrogen-bond donors (Lipinski definition) is 2. The molecule has 0 saturated heterocycles. The van der Waals surface area contributed by atoms with Crippen molar-refractivity contribution in [3.8, 4) is 0 Å². The van der Waals surface area contributed by atoms with Crippen molar-refractivity contribution in [1.82, 2.24) is 5.32 Å². The van der Waals surface area contributed by atoms with Gasteiger partial charge in [-0.2, -0.15) is 0 Å². The molecule has 1 amide bonds. The lowest BCUT2D eigenvalue weighted by atomic mass is 10.1. The van der Waals surface area contributed by atoms with E-state index in [-0.39, 0.29) is 11.9 Å². The molecule has 130 valence electrons.